The van der Waals surface area contributed by atoms with Gasteiger partial charge in [-0.3, -0.25) is 0 Å². The molecule has 0 saturated heterocycles. The number of benzene rings is 1. The summed E-state index contributed by atoms with van der Waals surface area (Å²) in [5.74, 6) is 2.23. The van der Waals surface area contributed by atoms with E-state index in [0.29, 0.717) is 11.2 Å². The Hall–Kier alpha value is -1.09. The van der Waals surface area contributed by atoms with Crippen LogP contribution in [0.15, 0.2) is 24.3 Å². The Balaban J connectivity index is 2.62. The van der Waals surface area contributed by atoms with E-state index in [1.54, 1.807) is 0 Å². The molecule has 2 N–H and O–H groups in total. The number of hydrogen-bond acceptors (Lipinski definition) is 1. The Kier molecular flexibility index (Phi) is 7.88. The Morgan fingerprint density at radius 3 is 2.05 bits per heavy atom. The van der Waals surface area contributed by atoms with Crippen molar-refractivity contribution < 1.29 is 0 Å². The zero-order valence-electron chi connectivity index (χ0n) is 14.9. The predicted molar refractivity (Wildman–Crippen MR) is 102 cm³/mol. The van der Waals surface area contributed by atoms with Crippen molar-refractivity contribution in [1.29, 1.82) is 0 Å². The molecule has 1 aromatic carbocycles. The summed E-state index contributed by atoms with van der Waals surface area (Å²) in [6.07, 6.45) is 2.45. The van der Waals surface area contributed by atoms with Gasteiger partial charge in [-0.2, -0.15) is 0 Å². The fourth-order valence-corrected chi connectivity index (χ4v) is 3.01. The summed E-state index contributed by atoms with van der Waals surface area (Å²) < 4.78 is 0. The van der Waals surface area contributed by atoms with E-state index in [1.807, 2.05) is 0 Å². The van der Waals surface area contributed by atoms with Crippen molar-refractivity contribution >= 4 is 23.0 Å². The van der Waals surface area contributed by atoms with Crippen LogP contribution in [0.25, 0.3) is 0 Å². The van der Waals surface area contributed by atoms with E-state index in [0.717, 1.165) is 29.9 Å². The third-order valence-electron chi connectivity index (χ3n) is 3.85. The summed E-state index contributed by atoms with van der Waals surface area (Å²) in [5.41, 5.74) is 2.46. The van der Waals surface area contributed by atoms with Crippen molar-refractivity contribution in [2.75, 3.05) is 5.32 Å². The maximum atomic E-state index is 5.27. The van der Waals surface area contributed by atoms with Gasteiger partial charge >= 0.3 is 0 Å². The van der Waals surface area contributed by atoms with Gasteiger partial charge in [-0.25, -0.2) is 0 Å². The summed E-state index contributed by atoms with van der Waals surface area (Å²) in [5, 5.41) is 7.11. The summed E-state index contributed by atoms with van der Waals surface area (Å²) >= 11 is 5.27. The van der Waals surface area contributed by atoms with Gasteiger partial charge in [0.2, 0.25) is 0 Å². The van der Waals surface area contributed by atoms with Gasteiger partial charge in [0.1, 0.15) is 0 Å². The third-order valence-corrected chi connectivity index (χ3v) is 4.07. The van der Waals surface area contributed by atoms with Gasteiger partial charge in [0.05, 0.1) is 0 Å². The molecule has 124 valence electrons. The Morgan fingerprint density at radius 1 is 1.00 bits per heavy atom. The maximum absolute atomic E-state index is 5.27. The highest BCUT2D eigenvalue weighted by Gasteiger charge is 2.15. The standard InChI is InChI=1S/C19H32N2S/c1-13(2)11-17(14(3)4)12-16-7-9-18(10-8-16)21-19(22)20-15(5)6/h7-10,13-15,17H,11-12H2,1-6H3,(H2,20,21,22). The summed E-state index contributed by atoms with van der Waals surface area (Å²) in [6.45, 7) is 13.4. The minimum atomic E-state index is 0.349. The van der Waals surface area contributed by atoms with Gasteiger partial charge in [0.15, 0.2) is 5.11 Å². The molecular formula is C19H32N2S. The van der Waals surface area contributed by atoms with E-state index in [9.17, 15) is 0 Å². The lowest BCUT2D eigenvalue weighted by molar-refractivity contribution is 0.315. The van der Waals surface area contributed by atoms with Crippen molar-refractivity contribution in [3.63, 3.8) is 0 Å². The van der Waals surface area contributed by atoms with Crippen LogP contribution >= 0.6 is 12.2 Å². The van der Waals surface area contributed by atoms with E-state index in [1.165, 1.54) is 12.0 Å². The van der Waals surface area contributed by atoms with Crippen LogP contribution in [0, 0.1) is 17.8 Å². The van der Waals surface area contributed by atoms with Crippen LogP contribution in [-0.4, -0.2) is 11.2 Å². The Bertz CT molecular complexity index is 449. The summed E-state index contributed by atoms with van der Waals surface area (Å²) in [6, 6.07) is 9.03. The lowest BCUT2D eigenvalue weighted by Gasteiger charge is -2.23. The SMILES string of the molecule is CC(C)CC(Cc1ccc(NC(=S)NC(C)C)cc1)C(C)C. The van der Waals surface area contributed by atoms with Crippen LogP contribution in [0.4, 0.5) is 5.69 Å². The highest BCUT2D eigenvalue weighted by Crippen LogP contribution is 2.25. The van der Waals surface area contributed by atoms with Crippen LogP contribution in [0.1, 0.15) is 53.5 Å². The zero-order valence-corrected chi connectivity index (χ0v) is 15.8. The first-order valence-electron chi connectivity index (χ1n) is 8.44. The molecule has 0 amide bonds. The van der Waals surface area contributed by atoms with Gasteiger partial charge in [-0.1, -0.05) is 39.8 Å². The van der Waals surface area contributed by atoms with E-state index < -0.39 is 0 Å². The largest absolute Gasteiger partial charge is 0.360 e. The molecule has 1 unspecified atom stereocenters. The minimum absolute atomic E-state index is 0.349. The first-order valence-corrected chi connectivity index (χ1v) is 8.85. The quantitative estimate of drug-likeness (QED) is 0.672. The fraction of sp³-hybridized carbons (Fsp3) is 0.632. The molecule has 3 heteroatoms. The molecule has 1 aromatic rings. The third kappa shape index (κ3) is 7.26. The molecule has 0 fully saturated rings. The van der Waals surface area contributed by atoms with Crippen LogP contribution < -0.4 is 10.6 Å². The summed E-state index contributed by atoms with van der Waals surface area (Å²) in [4.78, 5) is 0. The normalized spacial score (nSPS) is 12.8. The Morgan fingerprint density at radius 2 is 1.59 bits per heavy atom. The van der Waals surface area contributed by atoms with Gasteiger partial charge < -0.3 is 10.6 Å². The molecule has 0 aromatic heterocycles. The second-order valence-electron chi connectivity index (χ2n) is 7.29. The fourth-order valence-electron chi connectivity index (χ4n) is 2.65. The van der Waals surface area contributed by atoms with Gasteiger partial charge in [0.25, 0.3) is 0 Å². The van der Waals surface area contributed by atoms with E-state index >= 15 is 0 Å². The lowest BCUT2D eigenvalue weighted by Crippen LogP contribution is -2.33. The summed E-state index contributed by atoms with van der Waals surface area (Å²) in [7, 11) is 0. The molecule has 0 radical (unpaired) electrons. The van der Waals surface area contributed by atoms with Crippen LogP contribution in [-0.2, 0) is 6.42 Å². The van der Waals surface area contributed by atoms with Crippen LogP contribution in [0.5, 0.6) is 0 Å². The molecule has 0 spiro atoms. The number of thiocarbonyl (C=S) groups is 1. The van der Waals surface area contributed by atoms with Gasteiger partial charge in [-0.05, 0) is 74.4 Å². The van der Waals surface area contributed by atoms with Crippen molar-refractivity contribution in [1.82, 2.24) is 5.32 Å². The zero-order chi connectivity index (χ0) is 16.7. The van der Waals surface area contributed by atoms with Gasteiger partial charge in [0, 0.05) is 11.7 Å². The molecule has 0 aliphatic rings. The molecule has 1 atom stereocenters. The first kappa shape index (κ1) is 19.0. The maximum Gasteiger partial charge on any atom is 0.170 e. The van der Waals surface area contributed by atoms with Crippen molar-refractivity contribution in [2.45, 2.75) is 60.4 Å². The van der Waals surface area contributed by atoms with E-state index in [2.05, 4.69) is 76.4 Å². The Labute approximate surface area is 142 Å². The number of anilines is 1. The molecular weight excluding hydrogens is 288 g/mol. The van der Waals surface area contributed by atoms with Crippen LogP contribution in [0.3, 0.4) is 0 Å². The molecule has 0 aliphatic carbocycles. The van der Waals surface area contributed by atoms with E-state index in [-0.39, 0.29) is 0 Å². The topological polar surface area (TPSA) is 24.1 Å². The molecule has 22 heavy (non-hydrogen) atoms. The highest BCUT2D eigenvalue weighted by molar-refractivity contribution is 7.80. The van der Waals surface area contributed by atoms with Gasteiger partial charge in [-0.15, -0.1) is 0 Å². The molecule has 0 saturated carbocycles. The molecule has 1 rings (SSSR count). The number of nitrogens with one attached hydrogen (secondary N) is 2. The van der Waals surface area contributed by atoms with Crippen molar-refractivity contribution in [2.24, 2.45) is 17.8 Å². The molecule has 0 aliphatic heterocycles. The first-order chi connectivity index (χ1) is 10.3. The second kappa shape index (κ2) is 9.14. The molecule has 0 heterocycles. The second-order valence-corrected chi connectivity index (χ2v) is 7.70. The van der Waals surface area contributed by atoms with Crippen molar-refractivity contribution in [3.8, 4) is 0 Å². The monoisotopic (exact) mass is 320 g/mol. The average molecular weight is 321 g/mol. The number of hydrogen-bond donors (Lipinski definition) is 2. The lowest BCUT2D eigenvalue weighted by atomic mass is 9.83. The van der Waals surface area contributed by atoms with Crippen molar-refractivity contribution in [3.05, 3.63) is 29.8 Å². The minimum Gasteiger partial charge on any atom is -0.360 e. The highest BCUT2D eigenvalue weighted by atomic mass is 32.1. The van der Waals surface area contributed by atoms with E-state index in [4.69, 9.17) is 12.2 Å². The predicted octanol–water partition coefficient (Wildman–Crippen LogP) is 5.24. The average Bonchev–Trinajstić information content (AvgIpc) is 2.38. The van der Waals surface area contributed by atoms with Crippen LogP contribution in [0.2, 0.25) is 0 Å². The molecule has 2 nitrogen and oxygen atoms in total. The molecule has 0 bridgehead atoms. The number of rotatable bonds is 7. The smallest absolute Gasteiger partial charge is 0.170 e.